The van der Waals surface area contributed by atoms with Crippen molar-refractivity contribution >= 4 is 45.2 Å². The Labute approximate surface area is 127 Å². The van der Waals surface area contributed by atoms with Crippen LogP contribution in [0.4, 0.5) is 0 Å². The molecule has 102 valence electrons. The molecule has 0 radical (unpaired) electrons. The van der Waals surface area contributed by atoms with Crippen molar-refractivity contribution in [3.8, 4) is 0 Å². The van der Waals surface area contributed by atoms with E-state index in [1.54, 1.807) is 11.7 Å². The number of ether oxygens (including phenoxy) is 1. The number of fused-ring (bicyclic) bond motifs is 1. The van der Waals surface area contributed by atoms with Crippen molar-refractivity contribution < 1.29 is 4.74 Å². The van der Waals surface area contributed by atoms with Crippen LogP contribution in [0.25, 0.3) is 11.0 Å². The standard InChI is InChI=1S/C11H12ClIN4O2/c1-16-10(18)7-8(13)15-17(9(7)14-11(16)12)6-4-2-3-5-19-6/h6H,2-5H2,1H3. The van der Waals surface area contributed by atoms with Crippen LogP contribution in [0.2, 0.25) is 5.28 Å². The Bertz CT molecular complexity index is 690. The molecule has 3 rings (SSSR count). The Kier molecular flexibility index (Phi) is 3.52. The van der Waals surface area contributed by atoms with E-state index in [4.69, 9.17) is 16.3 Å². The van der Waals surface area contributed by atoms with Gasteiger partial charge in [-0.25, -0.2) is 4.68 Å². The molecule has 0 aliphatic carbocycles. The molecule has 0 bridgehead atoms. The number of hydrogen-bond acceptors (Lipinski definition) is 4. The quantitative estimate of drug-likeness (QED) is 0.549. The Morgan fingerprint density at radius 1 is 1.47 bits per heavy atom. The molecule has 1 atom stereocenters. The smallest absolute Gasteiger partial charge is 0.266 e. The van der Waals surface area contributed by atoms with E-state index in [2.05, 4.69) is 10.1 Å². The molecule has 0 spiro atoms. The van der Waals surface area contributed by atoms with E-state index in [9.17, 15) is 4.79 Å². The highest BCUT2D eigenvalue weighted by molar-refractivity contribution is 14.1. The van der Waals surface area contributed by atoms with E-state index < -0.39 is 0 Å². The average molecular weight is 395 g/mol. The minimum absolute atomic E-state index is 0.157. The maximum absolute atomic E-state index is 12.2. The summed E-state index contributed by atoms with van der Waals surface area (Å²) in [5, 5.41) is 5.06. The number of aromatic nitrogens is 4. The van der Waals surface area contributed by atoms with Crippen LogP contribution in [-0.2, 0) is 11.8 Å². The second-order valence-corrected chi connectivity index (χ2v) is 5.86. The van der Waals surface area contributed by atoms with Crippen LogP contribution in [0.1, 0.15) is 25.5 Å². The van der Waals surface area contributed by atoms with E-state index in [-0.39, 0.29) is 17.1 Å². The first-order valence-electron chi connectivity index (χ1n) is 6.01. The molecule has 1 fully saturated rings. The Balaban J connectivity index is 2.24. The predicted octanol–water partition coefficient (Wildman–Crippen LogP) is 2.09. The van der Waals surface area contributed by atoms with E-state index in [1.165, 1.54) is 4.57 Å². The topological polar surface area (TPSA) is 61.9 Å². The lowest BCUT2D eigenvalue weighted by Gasteiger charge is -2.22. The third kappa shape index (κ3) is 2.17. The highest BCUT2D eigenvalue weighted by Crippen LogP contribution is 2.26. The molecule has 8 heteroatoms. The molecule has 3 heterocycles. The molecular formula is C11H12ClIN4O2. The van der Waals surface area contributed by atoms with Crippen LogP contribution in [0.15, 0.2) is 4.79 Å². The molecule has 1 unspecified atom stereocenters. The first-order chi connectivity index (χ1) is 9.09. The highest BCUT2D eigenvalue weighted by atomic mass is 127. The van der Waals surface area contributed by atoms with Crippen LogP contribution in [0.3, 0.4) is 0 Å². The highest BCUT2D eigenvalue weighted by Gasteiger charge is 2.23. The second kappa shape index (κ2) is 5.02. The second-order valence-electron chi connectivity index (χ2n) is 4.50. The van der Waals surface area contributed by atoms with Gasteiger partial charge in [0.15, 0.2) is 11.9 Å². The summed E-state index contributed by atoms with van der Waals surface area (Å²) in [5.41, 5.74) is 0.325. The van der Waals surface area contributed by atoms with Gasteiger partial charge in [-0.2, -0.15) is 10.1 Å². The lowest BCUT2D eigenvalue weighted by atomic mass is 10.2. The molecule has 0 N–H and O–H groups in total. The summed E-state index contributed by atoms with van der Waals surface area (Å²) in [5.74, 6) is 0. The number of hydrogen-bond donors (Lipinski definition) is 0. The summed E-state index contributed by atoms with van der Waals surface area (Å²) in [6, 6.07) is 0. The van der Waals surface area contributed by atoms with Gasteiger partial charge in [0.2, 0.25) is 5.28 Å². The van der Waals surface area contributed by atoms with Gasteiger partial charge in [0.1, 0.15) is 9.09 Å². The Morgan fingerprint density at radius 3 is 2.95 bits per heavy atom. The van der Waals surface area contributed by atoms with Crippen molar-refractivity contribution in [1.82, 2.24) is 19.3 Å². The molecule has 19 heavy (non-hydrogen) atoms. The lowest BCUT2D eigenvalue weighted by Crippen LogP contribution is -2.22. The fraction of sp³-hybridized carbons (Fsp3) is 0.545. The number of rotatable bonds is 1. The summed E-state index contributed by atoms with van der Waals surface area (Å²) in [7, 11) is 1.60. The van der Waals surface area contributed by atoms with E-state index in [0.29, 0.717) is 21.3 Å². The van der Waals surface area contributed by atoms with Crippen molar-refractivity contribution in [1.29, 1.82) is 0 Å². The van der Waals surface area contributed by atoms with Crippen LogP contribution in [-0.4, -0.2) is 25.9 Å². The van der Waals surface area contributed by atoms with Gasteiger partial charge in [-0.1, -0.05) is 0 Å². The van der Waals surface area contributed by atoms with Gasteiger partial charge in [0, 0.05) is 13.7 Å². The molecule has 1 aliphatic heterocycles. The molecule has 0 aromatic carbocycles. The molecule has 0 saturated carbocycles. The molecule has 2 aromatic heterocycles. The van der Waals surface area contributed by atoms with Gasteiger partial charge in [-0.05, 0) is 53.5 Å². The lowest BCUT2D eigenvalue weighted by molar-refractivity contribution is -0.0372. The zero-order chi connectivity index (χ0) is 13.6. The largest absolute Gasteiger partial charge is 0.356 e. The van der Waals surface area contributed by atoms with Crippen LogP contribution in [0, 0.1) is 3.70 Å². The van der Waals surface area contributed by atoms with Crippen molar-refractivity contribution in [2.75, 3.05) is 6.61 Å². The van der Waals surface area contributed by atoms with Crippen molar-refractivity contribution in [3.63, 3.8) is 0 Å². The van der Waals surface area contributed by atoms with Crippen LogP contribution in [0.5, 0.6) is 0 Å². The monoisotopic (exact) mass is 394 g/mol. The zero-order valence-electron chi connectivity index (χ0n) is 10.3. The normalized spacial score (nSPS) is 20.1. The van der Waals surface area contributed by atoms with Gasteiger partial charge in [-0.15, -0.1) is 0 Å². The van der Waals surface area contributed by atoms with Gasteiger partial charge in [0.25, 0.3) is 5.56 Å². The molecule has 1 saturated heterocycles. The third-order valence-corrected chi connectivity index (χ3v) is 4.36. The van der Waals surface area contributed by atoms with Gasteiger partial charge in [-0.3, -0.25) is 9.36 Å². The minimum atomic E-state index is -0.179. The van der Waals surface area contributed by atoms with Gasteiger partial charge < -0.3 is 4.74 Å². The molecule has 2 aromatic rings. The number of nitrogens with zero attached hydrogens (tertiary/aromatic N) is 4. The summed E-state index contributed by atoms with van der Waals surface area (Å²) in [4.78, 5) is 16.5. The van der Waals surface area contributed by atoms with Crippen molar-refractivity contribution in [2.45, 2.75) is 25.5 Å². The molecule has 1 aliphatic rings. The van der Waals surface area contributed by atoms with Crippen molar-refractivity contribution in [3.05, 3.63) is 19.3 Å². The van der Waals surface area contributed by atoms with Crippen molar-refractivity contribution in [2.24, 2.45) is 7.05 Å². The summed E-state index contributed by atoms with van der Waals surface area (Å²) in [6.45, 7) is 0.709. The summed E-state index contributed by atoms with van der Waals surface area (Å²) in [6.07, 6.45) is 2.86. The zero-order valence-corrected chi connectivity index (χ0v) is 13.2. The number of halogens is 2. The minimum Gasteiger partial charge on any atom is -0.356 e. The molecular weight excluding hydrogens is 383 g/mol. The fourth-order valence-electron chi connectivity index (χ4n) is 2.22. The van der Waals surface area contributed by atoms with Crippen LogP contribution >= 0.6 is 34.2 Å². The Morgan fingerprint density at radius 2 is 2.26 bits per heavy atom. The Hall–Kier alpha value is -0.670. The SMILES string of the molecule is Cn1c(Cl)nc2c(c(I)nn2C2CCCCO2)c1=O. The molecule has 0 amide bonds. The van der Waals surface area contributed by atoms with Gasteiger partial charge >= 0.3 is 0 Å². The van der Waals surface area contributed by atoms with Crippen LogP contribution < -0.4 is 5.56 Å². The maximum Gasteiger partial charge on any atom is 0.266 e. The summed E-state index contributed by atoms with van der Waals surface area (Å²) < 4.78 is 9.33. The van der Waals surface area contributed by atoms with E-state index >= 15 is 0 Å². The predicted molar refractivity (Wildman–Crippen MR) is 79.3 cm³/mol. The van der Waals surface area contributed by atoms with E-state index in [0.717, 1.165) is 19.3 Å². The van der Waals surface area contributed by atoms with Gasteiger partial charge in [0.05, 0.1) is 0 Å². The van der Waals surface area contributed by atoms with E-state index in [1.807, 2.05) is 22.6 Å². The first-order valence-corrected chi connectivity index (χ1v) is 7.47. The third-order valence-electron chi connectivity index (χ3n) is 3.26. The maximum atomic E-state index is 12.2. The average Bonchev–Trinajstić information content (AvgIpc) is 2.74. The molecule has 6 nitrogen and oxygen atoms in total. The first kappa shape index (κ1) is 13.3. The fourth-order valence-corrected chi connectivity index (χ4v) is 3.08. The summed E-state index contributed by atoms with van der Waals surface area (Å²) >= 11 is 8.03.